The molecule has 1 heterocycles. The number of hydrogen-bond donors (Lipinski definition) is 1. The van der Waals surface area contributed by atoms with Gasteiger partial charge in [-0.2, -0.15) is 0 Å². The minimum Gasteiger partial charge on any atom is -0.458 e. The molecule has 0 aromatic heterocycles. The molecule has 4 aliphatic carbocycles. The maximum atomic E-state index is 11.9. The first-order valence-corrected chi connectivity index (χ1v) is 10.8. The van der Waals surface area contributed by atoms with E-state index >= 15 is 0 Å². The van der Waals surface area contributed by atoms with Crippen LogP contribution < -0.4 is 0 Å². The second-order valence-electron chi connectivity index (χ2n) is 10.5. The van der Waals surface area contributed by atoms with Crippen molar-refractivity contribution >= 4 is 5.97 Å². The molecule has 3 heteroatoms. The zero-order valence-electron chi connectivity index (χ0n) is 15.9. The van der Waals surface area contributed by atoms with E-state index in [1.165, 1.54) is 38.5 Å². The highest BCUT2D eigenvalue weighted by Gasteiger charge is 2.67. The number of aliphatic hydroxyl groups excluding tert-OH is 1. The SMILES string of the molecule is C[C@]12CCC(O)CC1CCC1C2CC[C@@]2(C)C1CC[C@@]21CCC(=O)O1. The summed E-state index contributed by atoms with van der Waals surface area (Å²) in [5.74, 6) is 3.14. The molecule has 0 aromatic rings. The summed E-state index contributed by atoms with van der Waals surface area (Å²) in [4.78, 5) is 11.9. The van der Waals surface area contributed by atoms with E-state index in [1.54, 1.807) is 0 Å². The zero-order valence-corrected chi connectivity index (χ0v) is 15.9. The predicted molar refractivity (Wildman–Crippen MR) is 95.8 cm³/mol. The van der Waals surface area contributed by atoms with Crippen molar-refractivity contribution in [2.24, 2.45) is 34.5 Å². The van der Waals surface area contributed by atoms with Crippen molar-refractivity contribution in [3.05, 3.63) is 0 Å². The molecule has 0 bridgehead atoms. The Morgan fingerprint density at radius 2 is 1.76 bits per heavy atom. The Kier molecular flexibility index (Phi) is 3.48. The summed E-state index contributed by atoms with van der Waals surface area (Å²) in [5, 5.41) is 10.2. The Hall–Kier alpha value is -0.570. The molecule has 1 saturated heterocycles. The molecule has 8 atom stereocenters. The Morgan fingerprint density at radius 3 is 2.52 bits per heavy atom. The maximum Gasteiger partial charge on any atom is 0.306 e. The van der Waals surface area contributed by atoms with Gasteiger partial charge in [-0.15, -0.1) is 0 Å². The van der Waals surface area contributed by atoms with Crippen LogP contribution in [0, 0.1) is 34.5 Å². The summed E-state index contributed by atoms with van der Waals surface area (Å²) >= 11 is 0. The van der Waals surface area contributed by atoms with E-state index < -0.39 is 0 Å². The molecular formula is C22H34O3. The first-order valence-electron chi connectivity index (χ1n) is 10.8. The normalized spacial score (nSPS) is 57.7. The number of carbonyl (C=O) groups is 1. The molecule has 3 nitrogen and oxygen atoms in total. The summed E-state index contributed by atoms with van der Waals surface area (Å²) in [5.41, 5.74) is 0.503. The van der Waals surface area contributed by atoms with Crippen LogP contribution in [0.2, 0.25) is 0 Å². The van der Waals surface area contributed by atoms with Crippen LogP contribution in [0.25, 0.3) is 0 Å². The average molecular weight is 347 g/mol. The minimum atomic E-state index is -0.139. The standard InChI is InChI=1S/C22H34O3/c1-20-9-5-15(23)13-14(20)3-4-16-17(20)6-10-21(2)18(16)7-11-22(21)12-8-19(24)25-22/h14-18,23H,3-13H2,1-2H3/t14?,15?,16?,17?,18?,20-,21-,22+/m0/s1. The van der Waals surface area contributed by atoms with Crippen LogP contribution in [-0.2, 0) is 9.53 Å². The molecule has 5 rings (SSSR count). The number of esters is 1. The van der Waals surface area contributed by atoms with Crippen molar-refractivity contribution in [2.45, 2.75) is 96.2 Å². The van der Waals surface area contributed by atoms with E-state index in [0.29, 0.717) is 11.8 Å². The number of carbonyl (C=O) groups excluding carboxylic acids is 1. The third-order valence-corrected chi connectivity index (χ3v) is 9.97. The largest absolute Gasteiger partial charge is 0.458 e. The molecule has 0 aromatic carbocycles. The molecule has 5 aliphatic rings. The topological polar surface area (TPSA) is 46.5 Å². The van der Waals surface area contributed by atoms with Crippen LogP contribution in [0.15, 0.2) is 0 Å². The summed E-state index contributed by atoms with van der Waals surface area (Å²) in [7, 11) is 0. The summed E-state index contributed by atoms with van der Waals surface area (Å²) in [6.07, 6.45) is 12.3. The second-order valence-corrected chi connectivity index (χ2v) is 10.5. The molecule has 1 aliphatic heterocycles. The van der Waals surface area contributed by atoms with Gasteiger partial charge in [-0.05, 0) is 93.3 Å². The van der Waals surface area contributed by atoms with Gasteiger partial charge in [-0.3, -0.25) is 4.79 Å². The van der Waals surface area contributed by atoms with Crippen LogP contribution in [0.5, 0.6) is 0 Å². The third-order valence-electron chi connectivity index (χ3n) is 9.97. The summed E-state index contributed by atoms with van der Waals surface area (Å²) in [6.45, 7) is 5.00. The van der Waals surface area contributed by atoms with Gasteiger partial charge in [0.05, 0.1) is 6.10 Å². The van der Waals surface area contributed by atoms with E-state index in [-0.39, 0.29) is 23.1 Å². The van der Waals surface area contributed by atoms with Crippen molar-refractivity contribution in [1.82, 2.24) is 0 Å². The number of aliphatic hydroxyl groups is 1. The van der Waals surface area contributed by atoms with Crippen LogP contribution in [-0.4, -0.2) is 22.8 Å². The fourth-order valence-electron chi connectivity index (χ4n) is 8.53. The van der Waals surface area contributed by atoms with Crippen molar-refractivity contribution in [2.75, 3.05) is 0 Å². The average Bonchev–Trinajstić information content (AvgIpc) is 3.10. The Morgan fingerprint density at radius 1 is 0.960 bits per heavy atom. The first-order chi connectivity index (χ1) is 11.9. The van der Waals surface area contributed by atoms with Crippen molar-refractivity contribution < 1.29 is 14.6 Å². The second kappa shape index (κ2) is 5.24. The van der Waals surface area contributed by atoms with Gasteiger partial charge in [0.1, 0.15) is 5.60 Å². The van der Waals surface area contributed by atoms with E-state index in [1.807, 2.05) is 0 Å². The van der Waals surface area contributed by atoms with Gasteiger partial charge in [0.25, 0.3) is 0 Å². The van der Waals surface area contributed by atoms with Crippen LogP contribution >= 0.6 is 0 Å². The number of rotatable bonds is 0. The first kappa shape index (κ1) is 16.6. The Labute approximate surface area is 151 Å². The lowest BCUT2D eigenvalue weighted by Crippen LogP contribution is -2.56. The van der Waals surface area contributed by atoms with Crippen molar-refractivity contribution in [1.29, 1.82) is 0 Å². The van der Waals surface area contributed by atoms with Crippen molar-refractivity contribution in [3.8, 4) is 0 Å². The van der Waals surface area contributed by atoms with Gasteiger partial charge >= 0.3 is 5.97 Å². The van der Waals surface area contributed by atoms with Gasteiger partial charge in [-0.1, -0.05) is 13.8 Å². The number of hydrogen-bond acceptors (Lipinski definition) is 3. The van der Waals surface area contributed by atoms with E-state index in [4.69, 9.17) is 4.74 Å². The van der Waals surface area contributed by atoms with Crippen molar-refractivity contribution in [3.63, 3.8) is 0 Å². The monoisotopic (exact) mass is 346 g/mol. The van der Waals surface area contributed by atoms with Gasteiger partial charge in [0, 0.05) is 11.8 Å². The van der Waals surface area contributed by atoms with E-state index in [0.717, 1.165) is 49.4 Å². The minimum absolute atomic E-state index is 0.0425. The highest BCUT2D eigenvalue weighted by atomic mass is 16.6. The Bertz CT molecular complexity index is 588. The molecule has 4 saturated carbocycles. The summed E-state index contributed by atoms with van der Waals surface area (Å²) in [6, 6.07) is 0. The molecule has 0 radical (unpaired) electrons. The van der Waals surface area contributed by atoms with E-state index in [9.17, 15) is 9.90 Å². The fourth-order valence-corrected chi connectivity index (χ4v) is 8.53. The highest BCUT2D eigenvalue weighted by molar-refractivity contribution is 5.72. The molecule has 1 N–H and O–H groups in total. The van der Waals surface area contributed by atoms with Crippen LogP contribution in [0.3, 0.4) is 0 Å². The maximum absolute atomic E-state index is 11.9. The quantitative estimate of drug-likeness (QED) is 0.659. The van der Waals surface area contributed by atoms with Gasteiger partial charge in [-0.25, -0.2) is 0 Å². The van der Waals surface area contributed by atoms with Gasteiger partial charge in [0.2, 0.25) is 0 Å². The highest BCUT2D eigenvalue weighted by Crippen LogP contribution is 2.70. The third kappa shape index (κ3) is 2.05. The van der Waals surface area contributed by atoms with Gasteiger partial charge < -0.3 is 9.84 Å². The molecule has 1 spiro atoms. The van der Waals surface area contributed by atoms with Gasteiger partial charge in [0.15, 0.2) is 0 Å². The van der Waals surface area contributed by atoms with Crippen LogP contribution in [0.1, 0.15) is 84.5 Å². The molecular weight excluding hydrogens is 312 g/mol. The molecule has 5 fully saturated rings. The smallest absolute Gasteiger partial charge is 0.306 e. The summed E-state index contributed by atoms with van der Waals surface area (Å²) < 4.78 is 6.04. The molecule has 0 amide bonds. The molecule has 5 unspecified atom stereocenters. The fraction of sp³-hybridized carbons (Fsp3) is 0.955. The van der Waals surface area contributed by atoms with Crippen LogP contribution in [0.4, 0.5) is 0 Å². The van der Waals surface area contributed by atoms with E-state index in [2.05, 4.69) is 13.8 Å². The lowest BCUT2D eigenvalue weighted by atomic mass is 9.44. The Balaban J connectivity index is 1.45. The number of ether oxygens (including phenoxy) is 1. The lowest BCUT2D eigenvalue weighted by molar-refractivity contribution is -0.176. The lowest BCUT2D eigenvalue weighted by Gasteiger charge is -2.61. The molecule has 140 valence electrons. The number of fused-ring (bicyclic) bond motifs is 6. The zero-order chi connectivity index (χ0) is 17.4. The molecule has 25 heavy (non-hydrogen) atoms. The predicted octanol–water partition coefficient (Wildman–Crippen LogP) is 4.47.